The van der Waals surface area contributed by atoms with Crippen molar-refractivity contribution in [1.82, 2.24) is 9.88 Å². The van der Waals surface area contributed by atoms with Gasteiger partial charge in [0.2, 0.25) is 5.91 Å². The maximum absolute atomic E-state index is 12.5. The van der Waals surface area contributed by atoms with Crippen molar-refractivity contribution in [3.8, 4) is 5.75 Å². The van der Waals surface area contributed by atoms with Gasteiger partial charge >= 0.3 is 0 Å². The summed E-state index contributed by atoms with van der Waals surface area (Å²) in [5, 5.41) is 6.87. The number of carbonyl (C=O) groups is 2. The van der Waals surface area contributed by atoms with Crippen molar-refractivity contribution in [2.75, 3.05) is 36.5 Å². The molecule has 0 saturated carbocycles. The van der Waals surface area contributed by atoms with Crippen molar-refractivity contribution in [3.63, 3.8) is 0 Å². The second-order valence-electron chi connectivity index (χ2n) is 7.82. The largest absolute Gasteiger partial charge is 0.483 e. The quantitative estimate of drug-likeness (QED) is 0.408. The molecule has 1 fully saturated rings. The second kappa shape index (κ2) is 9.70. The standard InChI is InChI=1S/C24H23N3O3S3/c1-15-25-23-20(33-15)13-19(18-6-9-32-24(18)23)30-14-21(28)26-17-4-2-16(3-5-17)12-22(29)27-7-10-31-11-8-27/h2-6,9,13H,7-8,10-12,14H2,1H3,(H,26,28). The molecule has 170 valence electrons. The van der Waals surface area contributed by atoms with Crippen LogP contribution in [0.1, 0.15) is 10.6 Å². The normalized spacial score (nSPS) is 14.0. The van der Waals surface area contributed by atoms with Crippen LogP contribution < -0.4 is 10.1 Å². The summed E-state index contributed by atoms with van der Waals surface area (Å²) in [5.74, 6) is 2.65. The number of rotatable bonds is 6. The van der Waals surface area contributed by atoms with E-state index in [0.717, 1.165) is 55.5 Å². The number of benzene rings is 2. The number of aryl methyl sites for hydroxylation is 1. The summed E-state index contributed by atoms with van der Waals surface area (Å²) in [7, 11) is 0. The van der Waals surface area contributed by atoms with Crippen LogP contribution in [0.3, 0.4) is 0 Å². The van der Waals surface area contributed by atoms with Gasteiger partial charge in [0.15, 0.2) is 6.61 Å². The van der Waals surface area contributed by atoms with E-state index in [1.54, 1.807) is 22.7 Å². The number of fused-ring (bicyclic) bond motifs is 3. The predicted molar refractivity (Wildman–Crippen MR) is 138 cm³/mol. The van der Waals surface area contributed by atoms with Crippen LogP contribution in [0, 0.1) is 6.92 Å². The Kier molecular flexibility index (Phi) is 6.52. The molecule has 0 atom stereocenters. The molecule has 0 bridgehead atoms. The lowest BCUT2D eigenvalue weighted by molar-refractivity contribution is -0.130. The number of anilines is 1. The molecule has 1 aliphatic rings. The molecule has 3 heterocycles. The summed E-state index contributed by atoms with van der Waals surface area (Å²) < 4.78 is 8.04. The average Bonchev–Trinajstić information content (AvgIpc) is 3.45. The summed E-state index contributed by atoms with van der Waals surface area (Å²) in [4.78, 5) is 31.5. The van der Waals surface area contributed by atoms with E-state index in [2.05, 4.69) is 10.3 Å². The van der Waals surface area contributed by atoms with Gasteiger partial charge in [-0.15, -0.1) is 22.7 Å². The molecule has 6 nitrogen and oxygen atoms in total. The zero-order chi connectivity index (χ0) is 22.8. The monoisotopic (exact) mass is 497 g/mol. The van der Waals surface area contributed by atoms with Gasteiger partial charge in [-0.2, -0.15) is 11.8 Å². The Balaban J connectivity index is 1.19. The Hall–Kier alpha value is -2.62. The van der Waals surface area contributed by atoms with Crippen LogP contribution in [-0.4, -0.2) is 52.9 Å². The first-order valence-electron chi connectivity index (χ1n) is 10.7. The maximum Gasteiger partial charge on any atom is 0.262 e. The summed E-state index contributed by atoms with van der Waals surface area (Å²) in [6.45, 7) is 3.56. The number of nitrogens with one attached hydrogen (secondary N) is 1. The van der Waals surface area contributed by atoms with Crippen molar-refractivity contribution in [2.45, 2.75) is 13.3 Å². The Bertz CT molecular complexity index is 1310. The molecule has 0 radical (unpaired) electrons. The minimum absolute atomic E-state index is 0.0819. The van der Waals surface area contributed by atoms with Crippen LogP contribution in [0.15, 0.2) is 41.8 Å². The van der Waals surface area contributed by atoms with Crippen LogP contribution in [-0.2, 0) is 16.0 Å². The lowest BCUT2D eigenvalue weighted by Crippen LogP contribution is -2.38. The van der Waals surface area contributed by atoms with E-state index < -0.39 is 0 Å². The van der Waals surface area contributed by atoms with Gasteiger partial charge in [-0.3, -0.25) is 9.59 Å². The summed E-state index contributed by atoms with van der Waals surface area (Å²) in [5.41, 5.74) is 2.63. The van der Waals surface area contributed by atoms with Crippen molar-refractivity contribution >= 4 is 72.2 Å². The van der Waals surface area contributed by atoms with E-state index in [1.165, 1.54) is 0 Å². The van der Waals surface area contributed by atoms with E-state index in [1.807, 2.05) is 65.4 Å². The van der Waals surface area contributed by atoms with Crippen molar-refractivity contribution in [1.29, 1.82) is 0 Å². The third kappa shape index (κ3) is 5.00. The minimum atomic E-state index is -0.228. The zero-order valence-corrected chi connectivity index (χ0v) is 20.6. The van der Waals surface area contributed by atoms with Crippen LogP contribution >= 0.6 is 34.4 Å². The SMILES string of the molecule is Cc1nc2c(cc(OCC(=O)Nc3ccc(CC(=O)N4CCSCC4)cc3)c3ccsc32)s1. The van der Waals surface area contributed by atoms with Crippen molar-refractivity contribution < 1.29 is 14.3 Å². The van der Waals surface area contributed by atoms with Gasteiger partial charge in [0, 0.05) is 41.7 Å². The Labute approximate surface area is 204 Å². The number of hydrogen-bond acceptors (Lipinski definition) is 7. The van der Waals surface area contributed by atoms with Gasteiger partial charge in [-0.25, -0.2) is 4.98 Å². The molecule has 0 spiro atoms. The number of hydrogen-bond donors (Lipinski definition) is 1. The molecule has 2 aromatic carbocycles. The molecule has 0 unspecified atom stereocenters. The van der Waals surface area contributed by atoms with Gasteiger partial charge in [0.1, 0.15) is 5.75 Å². The molecule has 0 aliphatic carbocycles. The zero-order valence-electron chi connectivity index (χ0n) is 18.1. The number of ether oxygens (including phenoxy) is 1. The molecule has 5 rings (SSSR count). The van der Waals surface area contributed by atoms with Gasteiger partial charge in [0.25, 0.3) is 5.91 Å². The maximum atomic E-state index is 12.5. The van der Waals surface area contributed by atoms with Gasteiger partial charge < -0.3 is 15.0 Å². The summed E-state index contributed by atoms with van der Waals surface area (Å²) in [6.07, 6.45) is 0.387. The Morgan fingerprint density at radius 2 is 1.94 bits per heavy atom. The number of aromatic nitrogens is 1. The van der Waals surface area contributed by atoms with Crippen molar-refractivity contribution in [3.05, 3.63) is 52.3 Å². The van der Waals surface area contributed by atoms with Crippen LogP contribution in [0.25, 0.3) is 20.3 Å². The van der Waals surface area contributed by atoms with Gasteiger partial charge in [0.05, 0.1) is 26.3 Å². The lowest BCUT2D eigenvalue weighted by atomic mass is 10.1. The van der Waals surface area contributed by atoms with Gasteiger partial charge in [-0.1, -0.05) is 12.1 Å². The van der Waals surface area contributed by atoms with Crippen LogP contribution in [0.4, 0.5) is 5.69 Å². The van der Waals surface area contributed by atoms with E-state index >= 15 is 0 Å². The molecule has 2 aromatic heterocycles. The molecule has 33 heavy (non-hydrogen) atoms. The van der Waals surface area contributed by atoms with Crippen molar-refractivity contribution in [2.24, 2.45) is 0 Å². The number of thiophene rings is 1. The lowest BCUT2D eigenvalue weighted by Gasteiger charge is -2.26. The fourth-order valence-corrected chi connectivity index (χ4v) is 6.59. The van der Waals surface area contributed by atoms with E-state index in [0.29, 0.717) is 17.9 Å². The first kappa shape index (κ1) is 22.2. The van der Waals surface area contributed by atoms with Crippen LogP contribution in [0.2, 0.25) is 0 Å². The highest BCUT2D eigenvalue weighted by Gasteiger charge is 2.17. The molecule has 2 amide bonds. The van der Waals surface area contributed by atoms with E-state index in [9.17, 15) is 9.59 Å². The topological polar surface area (TPSA) is 71.5 Å². The predicted octanol–water partition coefficient (Wildman–Crippen LogP) is 4.95. The average molecular weight is 498 g/mol. The first-order chi connectivity index (χ1) is 16.1. The Morgan fingerprint density at radius 1 is 1.15 bits per heavy atom. The number of thioether (sulfide) groups is 1. The highest BCUT2D eigenvalue weighted by molar-refractivity contribution is 7.99. The smallest absolute Gasteiger partial charge is 0.262 e. The fraction of sp³-hybridized carbons (Fsp3) is 0.292. The third-order valence-electron chi connectivity index (χ3n) is 5.48. The molecule has 4 aromatic rings. The molecule has 9 heteroatoms. The highest BCUT2D eigenvalue weighted by Crippen LogP contribution is 2.38. The summed E-state index contributed by atoms with van der Waals surface area (Å²) in [6, 6.07) is 11.4. The fourth-order valence-electron chi connectivity index (χ4n) is 3.85. The number of amides is 2. The molecular weight excluding hydrogens is 474 g/mol. The molecule has 1 N–H and O–H groups in total. The number of nitrogens with zero attached hydrogens (tertiary/aromatic N) is 2. The molecule has 1 aliphatic heterocycles. The van der Waals surface area contributed by atoms with E-state index in [-0.39, 0.29) is 18.4 Å². The molecule has 1 saturated heterocycles. The van der Waals surface area contributed by atoms with E-state index in [4.69, 9.17) is 4.74 Å². The molecular formula is C24H23N3O3S3. The summed E-state index contributed by atoms with van der Waals surface area (Å²) >= 11 is 5.14. The van der Waals surface area contributed by atoms with Gasteiger partial charge in [-0.05, 0) is 36.1 Å². The highest BCUT2D eigenvalue weighted by atomic mass is 32.2. The second-order valence-corrected chi connectivity index (χ2v) is 11.2. The number of carbonyl (C=O) groups excluding carboxylic acids is 2. The van der Waals surface area contributed by atoms with Crippen LogP contribution in [0.5, 0.6) is 5.75 Å². The number of thiazole rings is 1. The third-order valence-corrected chi connectivity index (χ3v) is 8.27. The Morgan fingerprint density at radius 3 is 2.73 bits per heavy atom. The first-order valence-corrected chi connectivity index (χ1v) is 13.6. The minimum Gasteiger partial charge on any atom is -0.483 e.